The van der Waals surface area contributed by atoms with E-state index in [1.807, 2.05) is 0 Å². The van der Waals surface area contributed by atoms with Gasteiger partial charge in [-0.2, -0.15) is 15.0 Å². The Kier molecular flexibility index (Phi) is 4.33. The van der Waals surface area contributed by atoms with E-state index in [1.165, 1.54) is 7.11 Å². The molecule has 0 atom stereocenters. The predicted octanol–water partition coefficient (Wildman–Crippen LogP) is -0.304. The van der Waals surface area contributed by atoms with Gasteiger partial charge >= 0.3 is 6.01 Å². The Balaban J connectivity index is 2.10. The summed E-state index contributed by atoms with van der Waals surface area (Å²) in [6.45, 7) is 8.18. The van der Waals surface area contributed by atoms with Crippen LogP contribution in [0.3, 0.4) is 0 Å². The van der Waals surface area contributed by atoms with E-state index in [0.717, 1.165) is 26.2 Å². The van der Waals surface area contributed by atoms with Crippen molar-refractivity contribution < 1.29 is 4.74 Å². The molecular formula is C11H21N7O. The predicted molar refractivity (Wildman–Crippen MR) is 73.1 cm³/mol. The minimum Gasteiger partial charge on any atom is -0.467 e. The first-order valence-electron chi connectivity index (χ1n) is 6.39. The lowest BCUT2D eigenvalue weighted by Crippen LogP contribution is -2.49. The molecule has 8 heteroatoms. The molecule has 0 radical (unpaired) electrons. The number of anilines is 2. The summed E-state index contributed by atoms with van der Waals surface area (Å²) >= 11 is 0. The quantitative estimate of drug-likeness (QED) is 0.567. The first kappa shape index (κ1) is 13.8. The lowest BCUT2D eigenvalue weighted by Gasteiger charge is -2.36. The first-order valence-corrected chi connectivity index (χ1v) is 6.39. The maximum atomic E-state index is 5.35. The number of hydrogen-bond acceptors (Lipinski definition) is 8. The summed E-state index contributed by atoms with van der Waals surface area (Å²) in [5, 5.41) is 0. The van der Waals surface area contributed by atoms with Crippen LogP contribution >= 0.6 is 0 Å². The molecule has 0 spiro atoms. The Morgan fingerprint density at radius 3 is 2.37 bits per heavy atom. The molecule has 0 unspecified atom stereocenters. The number of aromatic nitrogens is 3. The van der Waals surface area contributed by atoms with E-state index in [4.69, 9.17) is 10.6 Å². The standard InChI is InChI=1S/C11H21N7O/c1-8(2)17-4-6-18(7-5-17)10-13-9(16-12)14-11(15-10)19-3/h8H,4-7,12H2,1-3H3,(H,13,14,15,16). The van der Waals surface area contributed by atoms with Crippen molar-refractivity contribution in [2.75, 3.05) is 43.6 Å². The highest BCUT2D eigenvalue weighted by atomic mass is 16.5. The molecule has 1 aliphatic heterocycles. The highest BCUT2D eigenvalue weighted by Crippen LogP contribution is 2.16. The molecule has 1 fully saturated rings. The number of nitrogen functional groups attached to an aromatic ring is 1. The maximum absolute atomic E-state index is 5.35. The fourth-order valence-corrected chi connectivity index (χ4v) is 2.08. The zero-order valence-electron chi connectivity index (χ0n) is 11.6. The molecule has 2 heterocycles. The molecule has 3 N–H and O–H groups in total. The van der Waals surface area contributed by atoms with Gasteiger partial charge in [-0.05, 0) is 13.8 Å². The van der Waals surface area contributed by atoms with Gasteiger partial charge in [0.25, 0.3) is 0 Å². The summed E-state index contributed by atoms with van der Waals surface area (Å²) in [5.74, 6) is 6.26. The number of nitrogens with zero attached hydrogens (tertiary/aromatic N) is 5. The van der Waals surface area contributed by atoms with Crippen LogP contribution in [0, 0.1) is 0 Å². The van der Waals surface area contributed by atoms with Crippen LogP contribution in [0.5, 0.6) is 6.01 Å². The van der Waals surface area contributed by atoms with Crippen molar-refractivity contribution in [2.24, 2.45) is 5.84 Å². The summed E-state index contributed by atoms with van der Waals surface area (Å²) in [6.07, 6.45) is 0. The van der Waals surface area contributed by atoms with Gasteiger partial charge in [-0.25, -0.2) is 5.84 Å². The van der Waals surface area contributed by atoms with Crippen molar-refractivity contribution in [3.8, 4) is 6.01 Å². The second-order valence-corrected chi connectivity index (χ2v) is 4.71. The molecule has 1 aromatic heterocycles. The van der Waals surface area contributed by atoms with Gasteiger partial charge in [-0.15, -0.1) is 0 Å². The van der Waals surface area contributed by atoms with Crippen molar-refractivity contribution in [3.05, 3.63) is 0 Å². The van der Waals surface area contributed by atoms with Crippen molar-refractivity contribution in [3.63, 3.8) is 0 Å². The van der Waals surface area contributed by atoms with Crippen LogP contribution in [-0.4, -0.2) is 59.2 Å². The van der Waals surface area contributed by atoms with Crippen LogP contribution in [0.4, 0.5) is 11.9 Å². The lowest BCUT2D eigenvalue weighted by molar-refractivity contribution is 0.208. The summed E-state index contributed by atoms with van der Waals surface area (Å²) in [6, 6.07) is 0.834. The average Bonchev–Trinajstić information content (AvgIpc) is 2.46. The van der Waals surface area contributed by atoms with E-state index in [-0.39, 0.29) is 6.01 Å². The van der Waals surface area contributed by atoms with Crippen molar-refractivity contribution >= 4 is 11.9 Å². The molecule has 106 valence electrons. The smallest absolute Gasteiger partial charge is 0.322 e. The minimum absolute atomic E-state index is 0.268. The van der Waals surface area contributed by atoms with Crippen LogP contribution < -0.4 is 20.9 Å². The molecule has 1 saturated heterocycles. The Labute approximate surface area is 112 Å². The Bertz CT molecular complexity index is 395. The summed E-state index contributed by atoms with van der Waals surface area (Å²) in [5.41, 5.74) is 2.43. The molecule has 8 nitrogen and oxygen atoms in total. The number of nitrogens with one attached hydrogen (secondary N) is 1. The van der Waals surface area contributed by atoms with Gasteiger partial charge in [0, 0.05) is 32.2 Å². The van der Waals surface area contributed by atoms with Crippen LogP contribution in [0.1, 0.15) is 13.8 Å². The highest BCUT2D eigenvalue weighted by molar-refractivity contribution is 5.38. The molecule has 0 saturated carbocycles. The zero-order chi connectivity index (χ0) is 13.8. The van der Waals surface area contributed by atoms with Gasteiger partial charge in [-0.3, -0.25) is 10.3 Å². The number of methoxy groups -OCH3 is 1. The van der Waals surface area contributed by atoms with Gasteiger partial charge in [0.1, 0.15) is 0 Å². The molecular weight excluding hydrogens is 246 g/mol. The fraction of sp³-hybridized carbons (Fsp3) is 0.727. The van der Waals surface area contributed by atoms with Gasteiger partial charge in [0.15, 0.2) is 0 Å². The maximum Gasteiger partial charge on any atom is 0.322 e. The third-order valence-corrected chi connectivity index (χ3v) is 3.24. The molecule has 0 amide bonds. The fourth-order valence-electron chi connectivity index (χ4n) is 2.08. The van der Waals surface area contributed by atoms with Crippen molar-refractivity contribution in [1.82, 2.24) is 19.9 Å². The Morgan fingerprint density at radius 1 is 1.16 bits per heavy atom. The molecule has 1 aliphatic rings. The highest BCUT2D eigenvalue weighted by Gasteiger charge is 2.21. The van der Waals surface area contributed by atoms with Gasteiger partial charge in [0.05, 0.1) is 7.11 Å². The number of hydrazine groups is 1. The topological polar surface area (TPSA) is 92.4 Å². The van der Waals surface area contributed by atoms with Crippen molar-refractivity contribution in [1.29, 1.82) is 0 Å². The lowest BCUT2D eigenvalue weighted by atomic mass is 10.2. The van der Waals surface area contributed by atoms with E-state index >= 15 is 0 Å². The van der Waals surface area contributed by atoms with Crippen molar-refractivity contribution in [2.45, 2.75) is 19.9 Å². The second-order valence-electron chi connectivity index (χ2n) is 4.71. The number of nitrogens with two attached hydrogens (primary N) is 1. The number of ether oxygens (including phenoxy) is 1. The van der Waals surface area contributed by atoms with Gasteiger partial charge < -0.3 is 9.64 Å². The van der Waals surface area contributed by atoms with E-state index in [1.54, 1.807) is 0 Å². The van der Waals surface area contributed by atoms with Crippen LogP contribution in [0.25, 0.3) is 0 Å². The van der Waals surface area contributed by atoms with Gasteiger partial charge in [0.2, 0.25) is 11.9 Å². The Morgan fingerprint density at radius 2 is 1.84 bits per heavy atom. The third kappa shape index (κ3) is 3.21. The molecule has 0 bridgehead atoms. The third-order valence-electron chi connectivity index (χ3n) is 3.24. The molecule has 19 heavy (non-hydrogen) atoms. The summed E-state index contributed by atoms with van der Waals surface area (Å²) < 4.78 is 5.05. The normalized spacial score (nSPS) is 16.8. The SMILES string of the molecule is COc1nc(NN)nc(N2CCN(C(C)C)CC2)n1. The van der Waals surface area contributed by atoms with Crippen LogP contribution in [-0.2, 0) is 0 Å². The van der Waals surface area contributed by atoms with Crippen LogP contribution in [0.2, 0.25) is 0 Å². The van der Waals surface area contributed by atoms with E-state index in [0.29, 0.717) is 17.9 Å². The summed E-state index contributed by atoms with van der Waals surface area (Å²) in [4.78, 5) is 17.1. The molecule has 0 aromatic carbocycles. The molecule has 2 rings (SSSR count). The minimum atomic E-state index is 0.268. The van der Waals surface area contributed by atoms with E-state index in [9.17, 15) is 0 Å². The van der Waals surface area contributed by atoms with E-state index in [2.05, 4.69) is 44.0 Å². The Hall–Kier alpha value is -1.67. The number of hydrogen-bond donors (Lipinski definition) is 2. The zero-order valence-corrected chi connectivity index (χ0v) is 11.6. The summed E-state index contributed by atoms with van der Waals surface area (Å²) in [7, 11) is 1.52. The van der Waals surface area contributed by atoms with Crippen LogP contribution in [0.15, 0.2) is 0 Å². The second kappa shape index (κ2) is 5.98. The number of rotatable bonds is 4. The van der Waals surface area contributed by atoms with Gasteiger partial charge in [-0.1, -0.05) is 0 Å². The monoisotopic (exact) mass is 267 g/mol. The van der Waals surface area contributed by atoms with E-state index < -0.39 is 0 Å². The largest absolute Gasteiger partial charge is 0.467 e. The molecule has 1 aromatic rings. The first-order chi connectivity index (χ1) is 9.13. The number of piperazine rings is 1. The average molecular weight is 267 g/mol. The molecule has 0 aliphatic carbocycles.